The molecule has 1 atom stereocenters. The molecule has 4 heterocycles. The van der Waals surface area contributed by atoms with Crippen molar-refractivity contribution in [2.24, 2.45) is 0 Å². The van der Waals surface area contributed by atoms with Crippen LogP contribution < -0.4 is 5.56 Å². The number of furan rings is 1. The lowest BCUT2D eigenvalue weighted by molar-refractivity contribution is 0.0673. The van der Waals surface area contributed by atoms with Crippen LogP contribution in [0.3, 0.4) is 0 Å². The predicted molar refractivity (Wildman–Crippen MR) is 90.5 cm³/mol. The van der Waals surface area contributed by atoms with Crippen molar-refractivity contribution in [3.05, 3.63) is 46.0 Å². The number of hydrogen-bond acceptors (Lipinski definition) is 5. The first-order chi connectivity index (χ1) is 12.0. The van der Waals surface area contributed by atoms with Gasteiger partial charge >= 0.3 is 0 Å². The number of piperidine rings is 1. The summed E-state index contributed by atoms with van der Waals surface area (Å²) < 4.78 is 7.43. The monoisotopic (exact) mass is 341 g/mol. The third-order valence-corrected chi connectivity index (χ3v) is 4.67. The lowest BCUT2D eigenvalue weighted by Crippen LogP contribution is -2.41. The quantitative estimate of drug-likeness (QED) is 0.767. The number of aryl methyl sites for hydroxylation is 2. The Balaban J connectivity index is 1.67. The zero-order chi connectivity index (χ0) is 17.6. The topological polar surface area (TPSA) is 97.0 Å². The van der Waals surface area contributed by atoms with E-state index in [1.807, 2.05) is 24.0 Å². The molecule has 8 heteroatoms. The number of rotatable bonds is 2. The number of H-pyrrole nitrogens is 1. The molecule has 1 aliphatic rings. The molecule has 1 amide bonds. The van der Waals surface area contributed by atoms with Gasteiger partial charge in [0.05, 0.1) is 24.1 Å². The Morgan fingerprint density at radius 1 is 1.40 bits per heavy atom. The number of carbonyl (C=O) groups excluding carboxylic acids is 1. The number of nitrogens with zero attached hydrogens (tertiary/aromatic N) is 4. The van der Waals surface area contributed by atoms with Crippen LogP contribution in [0.5, 0.6) is 0 Å². The molecule has 0 unspecified atom stereocenters. The molecular formula is C17H19N5O3. The molecule has 1 fully saturated rings. The molecule has 0 radical (unpaired) electrons. The summed E-state index contributed by atoms with van der Waals surface area (Å²) in [5.74, 6) is 0.226. The maximum Gasteiger partial charge on any atom is 0.262 e. The summed E-state index contributed by atoms with van der Waals surface area (Å²) in [6.45, 7) is 4.90. The Hall–Kier alpha value is -2.90. The zero-order valence-corrected chi connectivity index (χ0v) is 14.2. The van der Waals surface area contributed by atoms with Gasteiger partial charge in [-0.3, -0.25) is 14.3 Å². The highest BCUT2D eigenvalue weighted by atomic mass is 16.3. The number of nitrogens with one attached hydrogen (secondary N) is 1. The van der Waals surface area contributed by atoms with Crippen molar-refractivity contribution in [1.29, 1.82) is 0 Å². The molecule has 3 aromatic rings. The molecule has 1 aliphatic heterocycles. The fourth-order valence-corrected chi connectivity index (χ4v) is 3.46. The van der Waals surface area contributed by atoms with Crippen molar-refractivity contribution in [3.8, 4) is 0 Å². The van der Waals surface area contributed by atoms with Gasteiger partial charge in [0.25, 0.3) is 11.5 Å². The minimum atomic E-state index is -0.360. The van der Waals surface area contributed by atoms with Crippen LogP contribution in [0.25, 0.3) is 11.1 Å². The molecule has 0 saturated carbocycles. The number of hydrogen-bond donors (Lipinski definition) is 1. The van der Waals surface area contributed by atoms with Crippen LogP contribution in [0, 0.1) is 13.8 Å². The summed E-state index contributed by atoms with van der Waals surface area (Å²) in [7, 11) is 0. The first-order valence-corrected chi connectivity index (χ1v) is 8.31. The Labute approximate surface area is 143 Å². The van der Waals surface area contributed by atoms with E-state index in [1.165, 1.54) is 6.33 Å². The molecule has 8 nitrogen and oxygen atoms in total. The summed E-state index contributed by atoms with van der Waals surface area (Å²) in [5, 5.41) is 4.60. The molecule has 3 aromatic heterocycles. The Kier molecular flexibility index (Phi) is 3.67. The highest BCUT2D eigenvalue weighted by molar-refractivity contribution is 6.06. The molecule has 0 aromatic carbocycles. The van der Waals surface area contributed by atoms with Gasteiger partial charge in [0.1, 0.15) is 11.1 Å². The second kappa shape index (κ2) is 5.87. The van der Waals surface area contributed by atoms with Crippen LogP contribution in [0.4, 0.5) is 0 Å². The third kappa shape index (κ3) is 2.63. The highest BCUT2D eigenvalue weighted by Gasteiger charge is 2.30. The van der Waals surface area contributed by atoms with Crippen LogP contribution in [0.15, 0.2) is 27.9 Å². The van der Waals surface area contributed by atoms with Crippen LogP contribution in [0.2, 0.25) is 0 Å². The lowest BCUT2D eigenvalue weighted by atomic mass is 10.0. The van der Waals surface area contributed by atoms with Crippen molar-refractivity contribution in [2.75, 3.05) is 13.1 Å². The highest BCUT2D eigenvalue weighted by Crippen LogP contribution is 2.26. The Bertz CT molecular complexity index is 999. The lowest BCUT2D eigenvalue weighted by Gasteiger charge is -2.32. The number of amides is 1. The molecule has 0 aliphatic carbocycles. The van der Waals surface area contributed by atoms with Gasteiger partial charge in [0.15, 0.2) is 0 Å². The summed E-state index contributed by atoms with van der Waals surface area (Å²) >= 11 is 0. The van der Waals surface area contributed by atoms with Crippen molar-refractivity contribution in [3.63, 3.8) is 0 Å². The number of aromatic amines is 1. The summed E-state index contributed by atoms with van der Waals surface area (Å²) in [5.41, 5.74) is 1.24. The minimum Gasteiger partial charge on any atom is -0.442 e. The number of aromatic nitrogens is 4. The predicted octanol–water partition coefficient (Wildman–Crippen LogP) is 1.81. The summed E-state index contributed by atoms with van der Waals surface area (Å²) in [6.07, 6.45) is 6.95. The van der Waals surface area contributed by atoms with Gasteiger partial charge in [-0.15, -0.1) is 0 Å². The van der Waals surface area contributed by atoms with Crippen molar-refractivity contribution in [2.45, 2.75) is 32.7 Å². The Morgan fingerprint density at radius 2 is 2.24 bits per heavy atom. The first kappa shape index (κ1) is 15.6. The van der Waals surface area contributed by atoms with Gasteiger partial charge < -0.3 is 14.3 Å². The molecule has 1 N–H and O–H groups in total. The van der Waals surface area contributed by atoms with E-state index in [-0.39, 0.29) is 28.6 Å². The van der Waals surface area contributed by atoms with Gasteiger partial charge in [-0.1, -0.05) is 0 Å². The van der Waals surface area contributed by atoms with E-state index < -0.39 is 0 Å². The number of carbonyl (C=O) groups is 1. The van der Waals surface area contributed by atoms with Crippen LogP contribution in [0.1, 0.15) is 40.6 Å². The normalized spacial score (nSPS) is 18.0. The van der Waals surface area contributed by atoms with E-state index in [1.54, 1.807) is 11.8 Å². The van der Waals surface area contributed by atoms with Crippen molar-refractivity contribution < 1.29 is 9.21 Å². The summed E-state index contributed by atoms with van der Waals surface area (Å²) in [4.78, 5) is 33.5. The maximum atomic E-state index is 13.1. The van der Waals surface area contributed by atoms with Crippen LogP contribution in [-0.4, -0.2) is 43.6 Å². The average molecular weight is 341 g/mol. The van der Waals surface area contributed by atoms with Gasteiger partial charge in [-0.05, 0) is 32.3 Å². The number of likely N-dealkylation sites (tertiary alicyclic amines) is 1. The van der Waals surface area contributed by atoms with Crippen LogP contribution in [-0.2, 0) is 0 Å². The molecule has 4 rings (SSSR count). The standard InChI is InChI=1S/C17H19N5O3/c1-10-6-20-22(7-10)12-4-3-5-21(8-12)17(24)13-11(2)25-16-14(13)15(23)18-9-19-16/h6-7,9,12H,3-5,8H2,1-2H3,(H,18,19,23)/t12-/m0/s1. The zero-order valence-electron chi connectivity index (χ0n) is 14.2. The van der Waals surface area contributed by atoms with Crippen LogP contribution >= 0.6 is 0 Å². The average Bonchev–Trinajstić information content (AvgIpc) is 3.18. The number of fused-ring (bicyclic) bond motifs is 1. The van der Waals surface area contributed by atoms with Crippen molar-refractivity contribution in [1.82, 2.24) is 24.6 Å². The van der Waals surface area contributed by atoms with Gasteiger partial charge in [-0.25, -0.2) is 4.98 Å². The van der Waals surface area contributed by atoms with E-state index in [4.69, 9.17) is 4.42 Å². The molecule has 25 heavy (non-hydrogen) atoms. The fraction of sp³-hybridized carbons (Fsp3) is 0.412. The molecule has 1 saturated heterocycles. The Morgan fingerprint density at radius 3 is 3.00 bits per heavy atom. The van der Waals surface area contributed by atoms with Gasteiger partial charge in [0, 0.05) is 19.3 Å². The van der Waals surface area contributed by atoms with E-state index in [0.29, 0.717) is 24.4 Å². The van der Waals surface area contributed by atoms with E-state index in [9.17, 15) is 9.59 Å². The fourth-order valence-electron chi connectivity index (χ4n) is 3.46. The minimum absolute atomic E-state index is 0.140. The molecule has 0 bridgehead atoms. The van der Waals surface area contributed by atoms with E-state index in [2.05, 4.69) is 15.1 Å². The second-order valence-corrected chi connectivity index (χ2v) is 6.49. The molecular weight excluding hydrogens is 322 g/mol. The largest absolute Gasteiger partial charge is 0.442 e. The molecule has 130 valence electrons. The van der Waals surface area contributed by atoms with E-state index in [0.717, 1.165) is 18.4 Å². The third-order valence-electron chi connectivity index (χ3n) is 4.67. The van der Waals surface area contributed by atoms with Gasteiger partial charge in [-0.2, -0.15) is 5.10 Å². The SMILES string of the molecule is Cc1cnn([C@H]2CCCN(C(=O)c3c(C)oc4nc[nH]c(=O)c34)C2)c1. The summed E-state index contributed by atoms with van der Waals surface area (Å²) in [6, 6.07) is 0.140. The smallest absolute Gasteiger partial charge is 0.262 e. The second-order valence-electron chi connectivity index (χ2n) is 6.49. The van der Waals surface area contributed by atoms with Crippen molar-refractivity contribution >= 4 is 17.0 Å². The van der Waals surface area contributed by atoms with E-state index >= 15 is 0 Å². The van der Waals surface area contributed by atoms with Gasteiger partial charge in [0.2, 0.25) is 5.71 Å². The molecule has 0 spiro atoms. The maximum absolute atomic E-state index is 13.1. The first-order valence-electron chi connectivity index (χ1n) is 8.31.